The van der Waals surface area contributed by atoms with Crippen LogP contribution in [-0.2, 0) is 17.9 Å². The fourth-order valence-electron chi connectivity index (χ4n) is 3.88. The van der Waals surface area contributed by atoms with Gasteiger partial charge in [0.15, 0.2) is 0 Å². The number of aromatic amines is 1. The van der Waals surface area contributed by atoms with E-state index in [1.54, 1.807) is 28.9 Å². The lowest BCUT2D eigenvalue weighted by Gasteiger charge is -2.10. The summed E-state index contributed by atoms with van der Waals surface area (Å²) in [6, 6.07) is 26.2. The Labute approximate surface area is 194 Å². The fraction of sp³-hybridized carbons (Fsp3) is 0.0769. The zero-order chi connectivity index (χ0) is 23.5. The van der Waals surface area contributed by atoms with Crippen LogP contribution >= 0.6 is 0 Å². The maximum absolute atomic E-state index is 12.8. The van der Waals surface area contributed by atoms with Gasteiger partial charge in [-0.2, -0.15) is 5.10 Å². The molecule has 0 spiro atoms. The highest BCUT2D eigenvalue weighted by Gasteiger charge is 2.15. The van der Waals surface area contributed by atoms with Gasteiger partial charge in [-0.3, -0.25) is 19.1 Å². The summed E-state index contributed by atoms with van der Waals surface area (Å²) in [4.78, 5) is 39.5. The largest absolute Gasteiger partial charge is 0.350 e. The van der Waals surface area contributed by atoms with Gasteiger partial charge in [0.05, 0.1) is 22.3 Å². The molecule has 2 heterocycles. The molecule has 5 rings (SSSR count). The van der Waals surface area contributed by atoms with Crippen LogP contribution < -0.4 is 16.6 Å². The van der Waals surface area contributed by atoms with Crippen LogP contribution in [0.4, 0.5) is 0 Å². The average Bonchev–Trinajstić information content (AvgIpc) is 3.31. The Morgan fingerprint density at radius 1 is 0.882 bits per heavy atom. The summed E-state index contributed by atoms with van der Waals surface area (Å²) in [5, 5.41) is 7.98. The lowest BCUT2D eigenvalue weighted by atomic mass is 10.1. The topological polar surface area (TPSA) is 102 Å². The molecule has 2 aromatic heterocycles. The van der Waals surface area contributed by atoms with E-state index >= 15 is 0 Å². The number of H-pyrrole nitrogens is 1. The van der Waals surface area contributed by atoms with Gasteiger partial charge >= 0.3 is 5.69 Å². The summed E-state index contributed by atoms with van der Waals surface area (Å²) in [6.45, 7) is 0.00947. The first-order valence-corrected chi connectivity index (χ1v) is 10.8. The summed E-state index contributed by atoms with van der Waals surface area (Å²) in [5.41, 5.74) is 2.75. The maximum atomic E-state index is 12.8. The van der Waals surface area contributed by atoms with Crippen LogP contribution in [0.5, 0.6) is 0 Å². The van der Waals surface area contributed by atoms with Gasteiger partial charge in [-0.25, -0.2) is 9.48 Å². The molecule has 3 aromatic carbocycles. The number of hydrogen-bond donors (Lipinski definition) is 2. The number of nitrogens with one attached hydrogen (secondary N) is 2. The van der Waals surface area contributed by atoms with Crippen molar-refractivity contribution in [3.8, 4) is 16.9 Å². The molecule has 2 N–H and O–H groups in total. The SMILES string of the molecule is O=C(Cn1c(=O)[nH]c(=O)c2ccccc21)NCc1cn(-c2ccccc2)nc1-c1ccccc1. The zero-order valence-electron chi connectivity index (χ0n) is 18.1. The number of fused-ring (bicyclic) bond motifs is 1. The number of rotatable bonds is 6. The summed E-state index contributed by atoms with van der Waals surface area (Å²) < 4.78 is 3.04. The minimum Gasteiger partial charge on any atom is -0.350 e. The lowest BCUT2D eigenvalue weighted by molar-refractivity contribution is -0.121. The van der Waals surface area contributed by atoms with Gasteiger partial charge in [0.25, 0.3) is 5.56 Å². The van der Waals surface area contributed by atoms with Crippen LogP contribution in [0.2, 0.25) is 0 Å². The van der Waals surface area contributed by atoms with E-state index in [-0.39, 0.29) is 19.0 Å². The van der Waals surface area contributed by atoms with E-state index in [0.29, 0.717) is 10.9 Å². The van der Waals surface area contributed by atoms with Gasteiger partial charge < -0.3 is 5.32 Å². The minimum atomic E-state index is -0.624. The van der Waals surface area contributed by atoms with E-state index in [1.807, 2.05) is 66.9 Å². The van der Waals surface area contributed by atoms with Gasteiger partial charge in [-0.15, -0.1) is 0 Å². The molecule has 8 nitrogen and oxygen atoms in total. The van der Waals surface area contributed by atoms with Crippen molar-refractivity contribution in [2.45, 2.75) is 13.1 Å². The zero-order valence-corrected chi connectivity index (χ0v) is 18.1. The molecular weight excluding hydrogens is 430 g/mol. The lowest BCUT2D eigenvalue weighted by Crippen LogP contribution is -2.36. The number of amides is 1. The highest BCUT2D eigenvalue weighted by Crippen LogP contribution is 2.23. The maximum Gasteiger partial charge on any atom is 0.329 e. The van der Waals surface area contributed by atoms with Crippen molar-refractivity contribution < 1.29 is 4.79 Å². The monoisotopic (exact) mass is 451 g/mol. The Kier molecular flexibility index (Phi) is 5.61. The van der Waals surface area contributed by atoms with Gasteiger partial charge in [0, 0.05) is 23.9 Å². The highest BCUT2D eigenvalue weighted by molar-refractivity contribution is 5.81. The number of carbonyl (C=O) groups is 1. The first kappa shape index (κ1) is 21.1. The van der Waals surface area contributed by atoms with Crippen LogP contribution in [-0.4, -0.2) is 25.2 Å². The second kappa shape index (κ2) is 9.03. The molecule has 0 atom stereocenters. The number of nitrogens with zero attached hydrogens (tertiary/aromatic N) is 3. The molecule has 0 saturated heterocycles. The summed E-state index contributed by atoms with van der Waals surface area (Å²) >= 11 is 0. The Hall–Kier alpha value is -4.72. The minimum absolute atomic E-state index is 0.219. The molecule has 8 heteroatoms. The van der Waals surface area contributed by atoms with Gasteiger partial charge in [0.2, 0.25) is 5.91 Å². The molecule has 0 fully saturated rings. The van der Waals surface area contributed by atoms with Crippen molar-refractivity contribution in [1.29, 1.82) is 0 Å². The predicted octanol–water partition coefficient (Wildman–Crippen LogP) is 2.86. The second-order valence-electron chi connectivity index (χ2n) is 7.79. The van der Waals surface area contributed by atoms with E-state index in [2.05, 4.69) is 10.3 Å². The van der Waals surface area contributed by atoms with Gasteiger partial charge in [0.1, 0.15) is 6.54 Å². The number of benzene rings is 3. The third kappa shape index (κ3) is 4.16. The first-order valence-electron chi connectivity index (χ1n) is 10.8. The standard InChI is InChI=1S/C26H21N5O3/c32-23(17-30-22-14-8-7-13-21(22)25(33)28-26(30)34)27-15-19-16-31(20-11-5-2-6-12-20)29-24(19)18-9-3-1-4-10-18/h1-14,16H,15,17H2,(H,27,32)(H,28,33,34). The fourth-order valence-corrected chi connectivity index (χ4v) is 3.88. The molecule has 0 aliphatic carbocycles. The Balaban J connectivity index is 1.42. The summed E-state index contributed by atoms with van der Waals surface area (Å²) in [7, 11) is 0. The van der Waals surface area contributed by atoms with E-state index in [1.165, 1.54) is 4.57 Å². The van der Waals surface area contributed by atoms with Crippen molar-refractivity contribution in [3.05, 3.63) is 118 Å². The molecule has 0 bridgehead atoms. The number of carbonyl (C=O) groups excluding carboxylic acids is 1. The molecule has 0 radical (unpaired) electrons. The van der Waals surface area contributed by atoms with Crippen molar-refractivity contribution in [2.75, 3.05) is 0 Å². The summed E-state index contributed by atoms with van der Waals surface area (Å²) in [6.07, 6.45) is 1.89. The molecule has 0 aliphatic heterocycles. The molecule has 1 amide bonds. The quantitative estimate of drug-likeness (QED) is 0.414. The molecule has 0 aliphatic rings. The summed E-state index contributed by atoms with van der Waals surface area (Å²) in [5.74, 6) is -0.356. The van der Waals surface area contributed by atoms with Crippen molar-refractivity contribution in [3.63, 3.8) is 0 Å². The van der Waals surface area contributed by atoms with Crippen molar-refractivity contribution >= 4 is 16.8 Å². The van der Waals surface area contributed by atoms with E-state index < -0.39 is 11.2 Å². The Bertz CT molecular complexity index is 1580. The van der Waals surface area contributed by atoms with Crippen molar-refractivity contribution in [2.24, 2.45) is 0 Å². The second-order valence-corrected chi connectivity index (χ2v) is 7.79. The van der Waals surface area contributed by atoms with Crippen LogP contribution in [0.3, 0.4) is 0 Å². The van der Waals surface area contributed by atoms with Crippen LogP contribution in [0.15, 0.2) is 101 Å². The third-order valence-electron chi connectivity index (χ3n) is 5.54. The molecule has 5 aromatic rings. The van der Waals surface area contributed by atoms with Gasteiger partial charge in [-0.1, -0.05) is 60.7 Å². The predicted molar refractivity (Wildman–Crippen MR) is 130 cm³/mol. The molecule has 0 saturated carbocycles. The molecule has 168 valence electrons. The van der Waals surface area contributed by atoms with Crippen LogP contribution in [0.25, 0.3) is 27.8 Å². The van der Waals surface area contributed by atoms with Gasteiger partial charge in [-0.05, 0) is 24.3 Å². The smallest absolute Gasteiger partial charge is 0.329 e. The van der Waals surface area contributed by atoms with E-state index in [9.17, 15) is 14.4 Å². The van der Waals surface area contributed by atoms with Crippen LogP contribution in [0.1, 0.15) is 5.56 Å². The normalized spacial score (nSPS) is 10.9. The first-order chi connectivity index (χ1) is 16.6. The molecule has 0 unspecified atom stereocenters. The number of aromatic nitrogens is 4. The van der Waals surface area contributed by atoms with E-state index in [0.717, 1.165) is 22.5 Å². The Morgan fingerprint density at radius 2 is 1.56 bits per heavy atom. The average molecular weight is 451 g/mol. The third-order valence-corrected chi connectivity index (χ3v) is 5.54. The highest BCUT2D eigenvalue weighted by atomic mass is 16.2. The number of hydrogen-bond acceptors (Lipinski definition) is 4. The number of para-hydroxylation sites is 2. The Morgan fingerprint density at radius 3 is 2.32 bits per heavy atom. The molecule has 34 heavy (non-hydrogen) atoms. The van der Waals surface area contributed by atoms with Crippen molar-refractivity contribution in [1.82, 2.24) is 24.6 Å². The van der Waals surface area contributed by atoms with Crippen LogP contribution in [0, 0.1) is 0 Å². The molecular formula is C26H21N5O3. The van der Waals surface area contributed by atoms with E-state index in [4.69, 9.17) is 5.10 Å².